The maximum Gasteiger partial charge on any atom is 0.227 e. The van der Waals surface area contributed by atoms with Crippen LogP contribution in [0, 0.1) is 0 Å². The van der Waals surface area contributed by atoms with E-state index >= 15 is 0 Å². The molecule has 4 heteroatoms. The van der Waals surface area contributed by atoms with E-state index in [4.69, 9.17) is 11.2 Å². The van der Waals surface area contributed by atoms with Gasteiger partial charge in [0.05, 0.1) is 11.6 Å². The lowest BCUT2D eigenvalue weighted by molar-refractivity contribution is -0.127. The molecule has 0 saturated heterocycles. The van der Waals surface area contributed by atoms with Gasteiger partial charge in [-0.3, -0.25) is 4.79 Å². The van der Waals surface area contributed by atoms with Crippen LogP contribution in [0.4, 0.5) is 0 Å². The van der Waals surface area contributed by atoms with Crippen molar-refractivity contribution in [2.24, 2.45) is 0 Å². The van der Waals surface area contributed by atoms with Gasteiger partial charge in [-0.05, 0) is 23.2 Å². The first-order valence-corrected chi connectivity index (χ1v) is 14.1. The first-order chi connectivity index (χ1) is 14.2. The van der Waals surface area contributed by atoms with E-state index < -0.39 is 0 Å². The minimum absolute atomic E-state index is 0.239. The molecule has 1 heterocycles. The molecule has 1 aromatic carbocycles. The van der Waals surface area contributed by atoms with Crippen molar-refractivity contribution in [3.05, 3.63) is 41.3 Å². The molecule has 0 saturated carbocycles. The molecule has 0 radical (unpaired) electrons. The summed E-state index contributed by atoms with van der Waals surface area (Å²) in [5.41, 5.74) is 2.12. The standard InChI is InChI=1S/C25H39NOS2/c1-2-3-4-5-6-7-8-9-10-11-12-13-17-20-25(27)26-22-29(28)21-24(26)23-18-15-14-16-19-23/h14-16,18-19,21H,2-13,17,20,22H2,1H3. The summed E-state index contributed by atoms with van der Waals surface area (Å²) in [6, 6.07) is 10.2. The summed E-state index contributed by atoms with van der Waals surface area (Å²) in [5, 5.41) is 2.09. The lowest BCUT2D eigenvalue weighted by Gasteiger charge is -2.20. The molecule has 0 aliphatic carbocycles. The molecule has 0 bridgehead atoms. The molecule has 1 aliphatic heterocycles. The van der Waals surface area contributed by atoms with Crippen LogP contribution >= 0.6 is 0 Å². The fraction of sp³-hybridized carbons (Fsp3) is 0.640. The molecule has 1 amide bonds. The second-order valence-corrected chi connectivity index (χ2v) is 10.7. The van der Waals surface area contributed by atoms with E-state index in [1.807, 2.05) is 23.1 Å². The second kappa shape index (κ2) is 14.9. The van der Waals surface area contributed by atoms with Crippen LogP contribution in [0.2, 0.25) is 0 Å². The Bertz CT molecular complexity index is 641. The highest BCUT2D eigenvalue weighted by Crippen LogP contribution is 2.27. The SMILES string of the molecule is CCCCCCCCCCCCCCCC(=O)N1CS(=S)C=C1c1ccccc1. The normalized spacial score (nSPS) is 16.2. The predicted molar refractivity (Wildman–Crippen MR) is 131 cm³/mol. The molecular weight excluding hydrogens is 394 g/mol. The number of carbonyl (C=O) groups excluding carboxylic acids is 1. The third kappa shape index (κ3) is 9.57. The quantitative estimate of drug-likeness (QED) is 0.270. The first kappa shape index (κ1) is 24.3. The summed E-state index contributed by atoms with van der Waals surface area (Å²) < 4.78 is 0. The Morgan fingerprint density at radius 1 is 0.862 bits per heavy atom. The molecule has 0 fully saturated rings. The maximum absolute atomic E-state index is 12.7. The Balaban J connectivity index is 1.52. The van der Waals surface area contributed by atoms with Crippen LogP contribution in [0.5, 0.6) is 0 Å². The minimum Gasteiger partial charge on any atom is -0.301 e. The zero-order chi connectivity index (χ0) is 20.7. The van der Waals surface area contributed by atoms with Gasteiger partial charge in [-0.25, -0.2) is 0 Å². The Kier molecular flexibility index (Phi) is 12.5. The lowest BCUT2D eigenvalue weighted by atomic mass is 10.0. The summed E-state index contributed by atoms with van der Waals surface area (Å²) in [4.78, 5) is 14.6. The monoisotopic (exact) mass is 433 g/mol. The van der Waals surface area contributed by atoms with Crippen molar-refractivity contribution in [1.29, 1.82) is 0 Å². The number of carbonyl (C=O) groups is 1. The Labute approximate surface area is 185 Å². The van der Waals surface area contributed by atoms with Crippen molar-refractivity contribution in [3.8, 4) is 0 Å². The first-order valence-electron chi connectivity index (χ1n) is 11.7. The van der Waals surface area contributed by atoms with Gasteiger partial charge in [0.2, 0.25) is 5.91 Å². The van der Waals surface area contributed by atoms with Gasteiger partial charge < -0.3 is 4.90 Å². The summed E-state index contributed by atoms with van der Waals surface area (Å²) in [5.74, 6) is 0.916. The van der Waals surface area contributed by atoms with E-state index in [1.165, 1.54) is 77.0 Å². The van der Waals surface area contributed by atoms with E-state index in [9.17, 15) is 4.79 Å². The van der Waals surface area contributed by atoms with Gasteiger partial charge in [0.25, 0.3) is 0 Å². The topological polar surface area (TPSA) is 20.3 Å². The van der Waals surface area contributed by atoms with Gasteiger partial charge in [-0.2, -0.15) is 0 Å². The van der Waals surface area contributed by atoms with Crippen molar-refractivity contribution >= 4 is 32.2 Å². The third-order valence-electron chi connectivity index (χ3n) is 5.66. The molecule has 162 valence electrons. The van der Waals surface area contributed by atoms with Crippen LogP contribution in [0.1, 0.15) is 102 Å². The van der Waals surface area contributed by atoms with Gasteiger partial charge in [0, 0.05) is 11.8 Å². The van der Waals surface area contributed by atoms with E-state index in [1.54, 1.807) is 0 Å². The number of nitrogens with zero attached hydrogens (tertiary/aromatic N) is 1. The number of hydrogen-bond donors (Lipinski definition) is 0. The van der Waals surface area contributed by atoms with Gasteiger partial charge in [-0.15, -0.1) is 0 Å². The van der Waals surface area contributed by atoms with E-state index in [-0.39, 0.29) is 15.4 Å². The van der Waals surface area contributed by atoms with E-state index in [0.717, 1.165) is 17.7 Å². The third-order valence-corrected chi connectivity index (χ3v) is 7.26. The van der Waals surface area contributed by atoms with Gasteiger partial charge >= 0.3 is 0 Å². The molecule has 2 nitrogen and oxygen atoms in total. The number of hydrogen-bond acceptors (Lipinski definition) is 2. The van der Waals surface area contributed by atoms with Crippen LogP contribution < -0.4 is 0 Å². The largest absolute Gasteiger partial charge is 0.301 e. The molecule has 1 atom stereocenters. The number of amides is 1. The fourth-order valence-corrected chi connectivity index (χ4v) is 5.60. The number of rotatable bonds is 15. The smallest absolute Gasteiger partial charge is 0.227 e. The highest BCUT2D eigenvalue weighted by molar-refractivity contribution is 8.30. The number of unbranched alkanes of at least 4 members (excludes halogenated alkanes) is 12. The lowest BCUT2D eigenvalue weighted by Crippen LogP contribution is -2.27. The molecule has 1 aliphatic rings. The molecular formula is C25H39NOS2. The Morgan fingerprint density at radius 3 is 1.93 bits per heavy atom. The van der Waals surface area contributed by atoms with Crippen LogP contribution in [0.15, 0.2) is 35.7 Å². The molecule has 2 rings (SSSR count). The summed E-state index contributed by atoms with van der Waals surface area (Å²) in [6.45, 7) is 2.28. The summed E-state index contributed by atoms with van der Waals surface area (Å²) >= 11 is 5.47. The van der Waals surface area contributed by atoms with E-state index in [0.29, 0.717) is 12.3 Å². The van der Waals surface area contributed by atoms with Crippen LogP contribution in [-0.4, -0.2) is 16.7 Å². The molecule has 0 aromatic heterocycles. The van der Waals surface area contributed by atoms with Crippen molar-refractivity contribution in [1.82, 2.24) is 4.90 Å². The van der Waals surface area contributed by atoms with Gasteiger partial charge in [0.1, 0.15) is 0 Å². The molecule has 1 aromatic rings. The molecule has 29 heavy (non-hydrogen) atoms. The Morgan fingerprint density at radius 2 is 1.38 bits per heavy atom. The summed E-state index contributed by atoms with van der Waals surface area (Å²) in [7, 11) is -0.245. The molecule has 0 spiro atoms. The fourth-order valence-electron chi connectivity index (χ4n) is 3.89. The van der Waals surface area contributed by atoms with Gasteiger partial charge in [-0.1, -0.05) is 124 Å². The van der Waals surface area contributed by atoms with Gasteiger partial charge in [0.15, 0.2) is 0 Å². The van der Waals surface area contributed by atoms with Crippen molar-refractivity contribution < 1.29 is 4.79 Å². The van der Waals surface area contributed by atoms with Crippen LogP contribution in [0.3, 0.4) is 0 Å². The Hall–Kier alpha value is -1.00. The number of benzene rings is 1. The highest BCUT2D eigenvalue weighted by atomic mass is 32.8. The summed E-state index contributed by atoms with van der Waals surface area (Å²) in [6.07, 6.45) is 17.9. The average Bonchev–Trinajstić information content (AvgIpc) is 3.14. The molecule has 1 unspecified atom stereocenters. The molecule has 0 N–H and O–H groups in total. The van der Waals surface area contributed by atoms with Crippen LogP contribution in [-0.2, 0) is 25.4 Å². The zero-order valence-electron chi connectivity index (χ0n) is 18.2. The minimum atomic E-state index is -0.245. The van der Waals surface area contributed by atoms with Crippen molar-refractivity contribution in [3.63, 3.8) is 0 Å². The maximum atomic E-state index is 12.7. The highest BCUT2D eigenvalue weighted by Gasteiger charge is 2.24. The second-order valence-electron chi connectivity index (χ2n) is 8.19. The van der Waals surface area contributed by atoms with Crippen molar-refractivity contribution in [2.45, 2.75) is 96.8 Å². The predicted octanol–water partition coefficient (Wildman–Crippen LogP) is 7.35. The van der Waals surface area contributed by atoms with Crippen molar-refractivity contribution in [2.75, 3.05) is 5.88 Å². The zero-order valence-corrected chi connectivity index (χ0v) is 19.9. The van der Waals surface area contributed by atoms with Crippen LogP contribution in [0.25, 0.3) is 5.70 Å². The average molecular weight is 434 g/mol. The van der Waals surface area contributed by atoms with E-state index in [2.05, 4.69) is 24.5 Å².